The summed E-state index contributed by atoms with van der Waals surface area (Å²) in [7, 11) is 0. The Labute approximate surface area is 143 Å². The Kier molecular flexibility index (Phi) is 5.69. The molecule has 5 heteroatoms. The van der Waals surface area contributed by atoms with Crippen molar-refractivity contribution in [2.45, 2.75) is 70.3 Å². The van der Waals surface area contributed by atoms with Crippen LogP contribution in [0.1, 0.15) is 64.2 Å². The molecule has 0 aromatic carbocycles. The Morgan fingerprint density at radius 3 is 2.08 bits per heavy atom. The molecule has 3 rings (SSSR count). The standard InChI is InChI=1S/C19H28N2O3/c22-17-11-12-18(23)21(17)13-14-7-9-15(10-8-14)19(24)20-16-5-3-1-2-4-6-16/h11-12,14-16H,1-10,13H2,(H,20,24). The van der Waals surface area contributed by atoms with Gasteiger partial charge in [0, 0.05) is 30.7 Å². The Balaban J connectivity index is 1.42. The molecule has 3 aliphatic rings. The number of imide groups is 1. The summed E-state index contributed by atoms with van der Waals surface area (Å²) in [5, 5.41) is 3.26. The lowest BCUT2D eigenvalue weighted by molar-refractivity contribution is -0.138. The maximum absolute atomic E-state index is 12.5. The lowest BCUT2D eigenvalue weighted by Gasteiger charge is -2.31. The highest BCUT2D eigenvalue weighted by molar-refractivity contribution is 6.12. The van der Waals surface area contributed by atoms with Crippen molar-refractivity contribution in [1.82, 2.24) is 10.2 Å². The third kappa shape index (κ3) is 4.25. The van der Waals surface area contributed by atoms with Gasteiger partial charge >= 0.3 is 0 Å². The normalized spacial score (nSPS) is 28.9. The Bertz CT molecular complexity index is 495. The monoisotopic (exact) mass is 332 g/mol. The summed E-state index contributed by atoms with van der Waals surface area (Å²) in [5.74, 6) is 0.254. The molecule has 1 aliphatic heterocycles. The van der Waals surface area contributed by atoms with Crippen molar-refractivity contribution in [3.8, 4) is 0 Å². The number of amides is 3. The Hall–Kier alpha value is -1.65. The van der Waals surface area contributed by atoms with Crippen LogP contribution in [0.25, 0.3) is 0 Å². The van der Waals surface area contributed by atoms with E-state index in [0.29, 0.717) is 18.5 Å². The second-order valence-corrected chi connectivity index (χ2v) is 7.54. The van der Waals surface area contributed by atoms with Crippen LogP contribution in [0.2, 0.25) is 0 Å². The minimum atomic E-state index is -0.201. The minimum absolute atomic E-state index is 0.104. The number of carbonyl (C=O) groups is 3. The summed E-state index contributed by atoms with van der Waals surface area (Å²) in [5.41, 5.74) is 0. The fourth-order valence-electron chi connectivity index (χ4n) is 4.22. The summed E-state index contributed by atoms with van der Waals surface area (Å²) < 4.78 is 0. The predicted octanol–water partition coefficient (Wildman–Crippen LogP) is 2.56. The van der Waals surface area contributed by atoms with Gasteiger partial charge in [-0.1, -0.05) is 25.7 Å². The molecule has 132 valence electrons. The van der Waals surface area contributed by atoms with Crippen LogP contribution in [0, 0.1) is 11.8 Å². The van der Waals surface area contributed by atoms with Gasteiger partial charge in [0.05, 0.1) is 0 Å². The SMILES string of the molecule is O=C(NC1CCCCCC1)C1CCC(CN2C(=O)C=CC2=O)CC1. The second kappa shape index (κ2) is 7.95. The predicted molar refractivity (Wildman–Crippen MR) is 90.9 cm³/mol. The summed E-state index contributed by atoms with van der Waals surface area (Å²) in [6.45, 7) is 0.502. The zero-order valence-electron chi connectivity index (χ0n) is 14.3. The molecule has 0 saturated heterocycles. The van der Waals surface area contributed by atoms with Crippen LogP contribution in [-0.4, -0.2) is 35.2 Å². The summed E-state index contributed by atoms with van der Waals surface area (Å²) in [4.78, 5) is 37.1. The van der Waals surface area contributed by atoms with Crippen LogP contribution in [0.15, 0.2) is 12.2 Å². The first-order valence-corrected chi connectivity index (χ1v) is 9.47. The van der Waals surface area contributed by atoms with Crippen molar-refractivity contribution in [2.75, 3.05) is 6.54 Å². The number of hydrogen-bond acceptors (Lipinski definition) is 3. The van der Waals surface area contributed by atoms with E-state index in [2.05, 4.69) is 5.32 Å². The summed E-state index contributed by atoms with van der Waals surface area (Å²) in [6, 6.07) is 0.364. The van der Waals surface area contributed by atoms with Gasteiger partial charge in [0.15, 0.2) is 0 Å². The second-order valence-electron chi connectivity index (χ2n) is 7.54. The van der Waals surface area contributed by atoms with Crippen LogP contribution in [0.4, 0.5) is 0 Å². The number of nitrogens with zero attached hydrogens (tertiary/aromatic N) is 1. The van der Waals surface area contributed by atoms with Crippen LogP contribution in [-0.2, 0) is 14.4 Å². The summed E-state index contributed by atoms with van der Waals surface area (Å²) in [6.07, 6.45) is 13.5. The molecule has 0 unspecified atom stereocenters. The number of carbonyl (C=O) groups excluding carboxylic acids is 3. The first-order chi connectivity index (χ1) is 11.6. The molecular formula is C19H28N2O3. The smallest absolute Gasteiger partial charge is 0.253 e. The first-order valence-electron chi connectivity index (χ1n) is 9.47. The van der Waals surface area contributed by atoms with Crippen molar-refractivity contribution in [2.24, 2.45) is 11.8 Å². The molecule has 0 aromatic heterocycles. The van der Waals surface area contributed by atoms with E-state index >= 15 is 0 Å². The van der Waals surface area contributed by atoms with E-state index in [1.165, 1.54) is 42.7 Å². The average molecular weight is 332 g/mol. The Morgan fingerprint density at radius 2 is 1.50 bits per heavy atom. The molecule has 24 heavy (non-hydrogen) atoms. The van der Waals surface area contributed by atoms with Gasteiger partial charge in [-0.05, 0) is 44.4 Å². The number of nitrogens with one attached hydrogen (secondary N) is 1. The maximum atomic E-state index is 12.5. The highest BCUT2D eigenvalue weighted by Gasteiger charge is 2.31. The fraction of sp³-hybridized carbons (Fsp3) is 0.737. The minimum Gasteiger partial charge on any atom is -0.353 e. The lowest BCUT2D eigenvalue weighted by Crippen LogP contribution is -2.41. The van der Waals surface area contributed by atoms with Gasteiger partial charge in [-0.3, -0.25) is 19.3 Å². The van der Waals surface area contributed by atoms with Gasteiger partial charge in [-0.2, -0.15) is 0 Å². The molecule has 1 N–H and O–H groups in total. The van der Waals surface area contributed by atoms with Crippen LogP contribution in [0.3, 0.4) is 0 Å². The molecule has 2 saturated carbocycles. The van der Waals surface area contributed by atoms with Crippen LogP contribution < -0.4 is 5.32 Å². The zero-order valence-corrected chi connectivity index (χ0v) is 14.3. The average Bonchev–Trinajstić information content (AvgIpc) is 2.80. The molecule has 3 amide bonds. The molecule has 2 fully saturated rings. The molecule has 0 bridgehead atoms. The van der Waals surface area contributed by atoms with Gasteiger partial charge in [0.25, 0.3) is 11.8 Å². The van der Waals surface area contributed by atoms with E-state index in [4.69, 9.17) is 0 Å². The molecule has 5 nitrogen and oxygen atoms in total. The third-order valence-electron chi connectivity index (χ3n) is 5.76. The van der Waals surface area contributed by atoms with Crippen molar-refractivity contribution >= 4 is 17.7 Å². The van der Waals surface area contributed by atoms with Gasteiger partial charge in [0.2, 0.25) is 5.91 Å². The zero-order chi connectivity index (χ0) is 16.9. The van der Waals surface area contributed by atoms with Crippen molar-refractivity contribution in [3.05, 3.63) is 12.2 Å². The van der Waals surface area contributed by atoms with E-state index < -0.39 is 0 Å². The quantitative estimate of drug-likeness (QED) is 0.635. The molecule has 0 radical (unpaired) electrons. The van der Waals surface area contributed by atoms with Crippen LogP contribution >= 0.6 is 0 Å². The van der Waals surface area contributed by atoms with E-state index in [0.717, 1.165) is 38.5 Å². The molecule has 2 aliphatic carbocycles. The Morgan fingerprint density at radius 1 is 0.917 bits per heavy atom. The molecule has 0 aromatic rings. The molecule has 1 heterocycles. The fourth-order valence-corrected chi connectivity index (χ4v) is 4.22. The van der Waals surface area contributed by atoms with Gasteiger partial charge in [-0.25, -0.2) is 0 Å². The van der Waals surface area contributed by atoms with E-state index in [1.807, 2.05) is 0 Å². The van der Waals surface area contributed by atoms with E-state index in [1.54, 1.807) is 0 Å². The highest BCUT2D eigenvalue weighted by atomic mass is 16.2. The van der Waals surface area contributed by atoms with Gasteiger partial charge in [-0.15, -0.1) is 0 Å². The van der Waals surface area contributed by atoms with E-state index in [-0.39, 0.29) is 23.6 Å². The number of hydrogen-bond donors (Lipinski definition) is 1. The maximum Gasteiger partial charge on any atom is 0.253 e. The molecule has 0 spiro atoms. The first kappa shape index (κ1) is 17.2. The molecule has 0 atom stereocenters. The lowest BCUT2D eigenvalue weighted by atomic mass is 9.81. The van der Waals surface area contributed by atoms with Crippen molar-refractivity contribution < 1.29 is 14.4 Å². The van der Waals surface area contributed by atoms with Crippen molar-refractivity contribution in [3.63, 3.8) is 0 Å². The molecular weight excluding hydrogens is 304 g/mol. The third-order valence-corrected chi connectivity index (χ3v) is 5.76. The van der Waals surface area contributed by atoms with Crippen molar-refractivity contribution in [1.29, 1.82) is 0 Å². The topological polar surface area (TPSA) is 66.5 Å². The number of rotatable bonds is 4. The van der Waals surface area contributed by atoms with E-state index in [9.17, 15) is 14.4 Å². The van der Waals surface area contributed by atoms with Gasteiger partial charge < -0.3 is 5.32 Å². The van der Waals surface area contributed by atoms with Crippen LogP contribution in [0.5, 0.6) is 0 Å². The summed E-state index contributed by atoms with van der Waals surface area (Å²) >= 11 is 0. The highest BCUT2D eigenvalue weighted by Crippen LogP contribution is 2.30. The largest absolute Gasteiger partial charge is 0.353 e. The van der Waals surface area contributed by atoms with Gasteiger partial charge in [0.1, 0.15) is 0 Å².